The molecule has 1 rings (SSSR count). The molecule has 1 aliphatic rings. The van der Waals surface area contributed by atoms with Gasteiger partial charge in [0.1, 0.15) is 0 Å². The normalized spacial score (nSPS) is 22.4. The maximum atomic E-state index is 11.6. The lowest BCUT2D eigenvalue weighted by molar-refractivity contribution is -0.129. The lowest BCUT2D eigenvalue weighted by Crippen LogP contribution is -2.43. The Morgan fingerprint density at radius 1 is 1.64 bits per heavy atom. The van der Waals surface area contributed by atoms with Crippen LogP contribution in [0.3, 0.4) is 0 Å². The first-order valence-corrected chi connectivity index (χ1v) is 5.12. The highest BCUT2D eigenvalue weighted by Crippen LogP contribution is 2.14. The fraction of sp³-hybridized carbons (Fsp3) is 0.900. The zero-order valence-corrected chi connectivity index (χ0v) is 9.01. The van der Waals surface area contributed by atoms with Gasteiger partial charge in [0.05, 0.1) is 12.0 Å². The molecule has 1 unspecified atom stereocenters. The van der Waals surface area contributed by atoms with E-state index in [4.69, 9.17) is 10.5 Å². The first-order valence-electron chi connectivity index (χ1n) is 5.12. The molecule has 0 aliphatic carbocycles. The van der Waals surface area contributed by atoms with Crippen LogP contribution in [0.15, 0.2) is 0 Å². The van der Waals surface area contributed by atoms with Gasteiger partial charge in [-0.05, 0) is 20.3 Å². The van der Waals surface area contributed by atoms with Crippen molar-refractivity contribution in [3.8, 4) is 0 Å². The highest BCUT2D eigenvalue weighted by atomic mass is 16.5. The number of ether oxygens (including phenoxy) is 1. The first kappa shape index (κ1) is 11.5. The van der Waals surface area contributed by atoms with Gasteiger partial charge in [0.15, 0.2) is 0 Å². The van der Waals surface area contributed by atoms with Crippen LogP contribution in [0.4, 0.5) is 0 Å². The van der Waals surface area contributed by atoms with Crippen LogP contribution in [-0.4, -0.2) is 32.2 Å². The van der Waals surface area contributed by atoms with E-state index in [2.05, 4.69) is 5.32 Å². The lowest BCUT2D eigenvalue weighted by Gasteiger charge is -2.22. The number of rotatable bonds is 4. The second-order valence-corrected chi connectivity index (χ2v) is 4.53. The summed E-state index contributed by atoms with van der Waals surface area (Å²) in [4.78, 5) is 11.6. The summed E-state index contributed by atoms with van der Waals surface area (Å²) in [6.07, 6.45) is 1.04. The van der Waals surface area contributed by atoms with Crippen molar-refractivity contribution in [2.45, 2.75) is 20.3 Å². The molecule has 0 spiro atoms. The van der Waals surface area contributed by atoms with Crippen LogP contribution in [-0.2, 0) is 9.53 Å². The van der Waals surface area contributed by atoms with Gasteiger partial charge in [-0.25, -0.2) is 0 Å². The molecule has 4 heteroatoms. The van der Waals surface area contributed by atoms with E-state index >= 15 is 0 Å². The Morgan fingerprint density at radius 2 is 2.36 bits per heavy atom. The van der Waals surface area contributed by atoms with Gasteiger partial charge in [-0.15, -0.1) is 0 Å². The van der Waals surface area contributed by atoms with Crippen molar-refractivity contribution in [1.29, 1.82) is 0 Å². The van der Waals surface area contributed by atoms with E-state index in [1.807, 2.05) is 13.8 Å². The van der Waals surface area contributed by atoms with E-state index in [0.29, 0.717) is 19.0 Å². The van der Waals surface area contributed by atoms with Crippen LogP contribution < -0.4 is 11.1 Å². The van der Waals surface area contributed by atoms with Gasteiger partial charge in [0.2, 0.25) is 5.91 Å². The largest absolute Gasteiger partial charge is 0.381 e. The van der Waals surface area contributed by atoms with Gasteiger partial charge in [0, 0.05) is 25.6 Å². The van der Waals surface area contributed by atoms with Gasteiger partial charge in [-0.1, -0.05) is 0 Å². The monoisotopic (exact) mass is 200 g/mol. The fourth-order valence-corrected chi connectivity index (χ4v) is 1.31. The summed E-state index contributed by atoms with van der Waals surface area (Å²) < 4.78 is 5.23. The molecule has 14 heavy (non-hydrogen) atoms. The van der Waals surface area contributed by atoms with Gasteiger partial charge >= 0.3 is 0 Å². The minimum absolute atomic E-state index is 0.0342. The third kappa shape index (κ3) is 2.96. The molecule has 1 aliphatic heterocycles. The van der Waals surface area contributed by atoms with E-state index in [9.17, 15) is 4.79 Å². The van der Waals surface area contributed by atoms with Crippen LogP contribution in [0.25, 0.3) is 0 Å². The number of hydrogen-bond acceptors (Lipinski definition) is 3. The lowest BCUT2D eigenvalue weighted by atomic mass is 9.92. The maximum absolute atomic E-state index is 11.6. The molecule has 4 nitrogen and oxygen atoms in total. The van der Waals surface area contributed by atoms with E-state index in [-0.39, 0.29) is 5.91 Å². The van der Waals surface area contributed by atoms with Crippen molar-refractivity contribution in [2.24, 2.45) is 17.1 Å². The Kier molecular flexibility index (Phi) is 3.89. The van der Waals surface area contributed by atoms with Crippen LogP contribution in [0, 0.1) is 11.3 Å². The maximum Gasteiger partial charge on any atom is 0.226 e. The van der Waals surface area contributed by atoms with Crippen LogP contribution in [0.2, 0.25) is 0 Å². The molecule has 0 aromatic carbocycles. The third-order valence-corrected chi connectivity index (χ3v) is 2.70. The van der Waals surface area contributed by atoms with E-state index in [1.54, 1.807) is 0 Å². The minimum Gasteiger partial charge on any atom is -0.381 e. The van der Waals surface area contributed by atoms with Crippen molar-refractivity contribution in [1.82, 2.24) is 5.32 Å². The summed E-state index contributed by atoms with van der Waals surface area (Å²) >= 11 is 0. The standard InChI is InChI=1S/C10H20N2O2/c1-10(2,7-11)9(13)12-5-8-3-4-14-6-8/h8H,3-7,11H2,1-2H3,(H,12,13). The van der Waals surface area contributed by atoms with Crippen LogP contribution in [0.1, 0.15) is 20.3 Å². The summed E-state index contributed by atoms with van der Waals surface area (Å²) in [6.45, 7) is 6.38. The second kappa shape index (κ2) is 4.75. The summed E-state index contributed by atoms with van der Waals surface area (Å²) in [5.41, 5.74) is 5.05. The summed E-state index contributed by atoms with van der Waals surface area (Å²) in [6, 6.07) is 0. The van der Waals surface area contributed by atoms with Crippen molar-refractivity contribution < 1.29 is 9.53 Å². The Hall–Kier alpha value is -0.610. The predicted molar refractivity (Wildman–Crippen MR) is 54.8 cm³/mol. The molecule has 0 aromatic rings. The number of carbonyl (C=O) groups is 1. The molecule has 0 aromatic heterocycles. The predicted octanol–water partition coefficient (Wildman–Crippen LogP) is 0.124. The smallest absolute Gasteiger partial charge is 0.226 e. The quantitative estimate of drug-likeness (QED) is 0.677. The molecule has 1 amide bonds. The van der Waals surface area contributed by atoms with Gasteiger partial charge in [-0.3, -0.25) is 4.79 Å². The molecular formula is C10H20N2O2. The molecule has 0 radical (unpaired) electrons. The minimum atomic E-state index is -0.459. The molecule has 0 bridgehead atoms. The number of nitrogens with two attached hydrogens (primary N) is 1. The highest BCUT2D eigenvalue weighted by Gasteiger charge is 2.26. The molecule has 3 N–H and O–H groups in total. The van der Waals surface area contributed by atoms with Crippen LogP contribution in [0.5, 0.6) is 0 Å². The Labute approximate surface area is 85.2 Å². The van der Waals surface area contributed by atoms with Crippen molar-refractivity contribution in [3.05, 3.63) is 0 Å². The molecule has 1 saturated heterocycles. The van der Waals surface area contributed by atoms with E-state index < -0.39 is 5.41 Å². The topological polar surface area (TPSA) is 64.4 Å². The second-order valence-electron chi connectivity index (χ2n) is 4.53. The molecule has 82 valence electrons. The number of amides is 1. The SMILES string of the molecule is CC(C)(CN)C(=O)NCC1CCOC1. The van der Waals surface area contributed by atoms with Crippen molar-refractivity contribution >= 4 is 5.91 Å². The number of nitrogens with one attached hydrogen (secondary N) is 1. The van der Waals surface area contributed by atoms with E-state index in [0.717, 1.165) is 19.6 Å². The molecular weight excluding hydrogens is 180 g/mol. The summed E-state index contributed by atoms with van der Waals surface area (Å²) in [5, 5.41) is 2.92. The Morgan fingerprint density at radius 3 is 2.86 bits per heavy atom. The zero-order valence-electron chi connectivity index (χ0n) is 9.01. The number of carbonyl (C=O) groups excluding carboxylic acids is 1. The molecule has 1 fully saturated rings. The van der Waals surface area contributed by atoms with Crippen molar-refractivity contribution in [3.63, 3.8) is 0 Å². The Bertz CT molecular complexity index is 198. The van der Waals surface area contributed by atoms with Crippen LogP contribution >= 0.6 is 0 Å². The molecule has 0 saturated carbocycles. The van der Waals surface area contributed by atoms with Crippen molar-refractivity contribution in [2.75, 3.05) is 26.3 Å². The van der Waals surface area contributed by atoms with Gasteiger partial charge in [0.25, 0.3) is 0 Å². The van der Waals surface area contributed by atoms with Gasteiger partial charge in [-0.2, -0.15) is 0 Å². The third-order valence-electron chi connectivity index (χ3n) is 2.70. The average Bonchev–Trinajstić information content (AvgIpc) is 2.66. The first-order chi connectivity index (χ1) is 6.56. The van der Waals surface area contributed by atoms with Gasteiger partial charge < -0.3 is 15.8 Å². The average molecular weight is 200 g/mol. The highest BCUT2D eigenvalue weighted by molar-refractivity contribution is 5.82. The molecule has 1 atom stereocenters. The summed E-state index contributed by atoms with van der Waals surface area (Å²) in [7, 11) is 0. The number of hydrogen-bond donors (Lipinski definition) is 2. The fourth-order valence-electron chi connectivity index (χ4n) is 1.31. The summed E-state index contributed by atoms with van der Waals surface area (Å²) in [5.74, 6) is 0.513. The molecule has 1 heterocycles. The Balaban J connectivity index is 2.26. The zero-order chi connectivity index (χ0) is 10.6. The van der Waals surface area contributed by atoms with E-state index in [1.165, 1.54) is 0 Å².